The Morgan fingerprint density at radius 1 is 1.19 bits per heavy atom. The maximum atomic E-state index is 12.9. The molecule has 0 atom stereocenters. The summed E-state index contributed by atoms with van der Waals surface area (Å²) in [5.41, 5.74) is -3.01. The molecule has 0 spiro atoms. The number of hydrogen-bond donors (Lipinski definition) is 1. The number of ether oxygens (including phenoxy) is 1. The molecule has 1 rings (SSSR count). The summed E-state index contributed by atoms with van der Waals surface area (Å²) >= 11 is 0. The van der Waals surface area contributed by atoms with Crippen molar-refractivity contribution >= 4 is 16.0 Å². The fourth-order valence-corrected chi connectivity index (χ4v) is 3.22. The number of nitrogens with one attached hydrogen (secondary N) is 1. The third kappa shape index (κ3) is 3.94. The van der Waals surface area contributed by atoms with E-state index in [1.54, 1.807) is 0 Å². The Morgan fingerprint density at radius 2 is 1.71 bits per heavy atom. The largest absolute Gasteiger partial charge is 0.468 e. The van der Waals surface area contributed by atoms with Crippen molar-refractivity contribution in [3.8, 4) is 0 Å². The van der Waals surface area contributed by atoms with Crippen molar-refractivity contribution in [1.82, 2.24) is 4.72 Å². The lowest BCUT2D eigenvalue weighted by Gasteiger charge is -2.23. The minimum absolute atomic E-state index is 0.652. The average molecular weight is 325 g/mol. The van der Waals surface area contributed by atoms with Crippen molar-refractivity contribution in [3.63, 3.8) is 0 Å². The van der Waals surface area contributed by atoms with E-state index in [0.29, 0.717) is 6.07 Å². The number of carbonyl (C=O) groups excluding carboxylic acids is 1. The third-order valence-corrected chi connectivity index (χ3v) is 4.28. The van der Waals surface area contributed by atoms with Crippen molar-refractivity contribution < 1.29 is 31.1 Å². The Morgan fingerprint density at radius 3 is 2.19 bits per heavy atom. The molecule has 0 aliphatic carbocycles. The van der Waals surface area contributed by atoms with Crippen LogP contribution in [0.4, 0.5) is 13.2 Å². The molecule has 0 aliphatic rings. The van der Waals surface area contributed by atoms with Gasteiger partial charge >= 0.3 is 12.1 Å². The van der Waals surface area contributed by atoms with Crippen molar-refractivity contribution in [1.29, 1.82) is 0 Å². The summed E-state index contributed by atoms with van der Waals surface area (Å²) in [6, 6.07) is 3.71. The quantitative estimate of drug-likeness (QED) is 0.859. The van der Waals surface area contributed by atoms with Gasteiger partial charge in [-0.25, -0.2) is 8.42 Å². The second-order valence-corrected chi connectivity index (χ2v) is 6.37. The van der Waals surface area contributed by atoms with E-state index in [2.05, 4.69) is 4.74 Å². The molecule has 0 radical (unpaired) electrons. The fourth-order valence-electron chi connectivity index (χ4n) is 1.62. The predicted octanol–water partition coefficient (Wildman–Crippen LogP) is 1.94. The lowest BCUT2D eigenvalue weighted by atomic mass is 10.1. The number of alkyl halides is 3. The van der Waals surface area contributed by atoms with Gasteiger partial charge in [0.1, 0.15) is 5.54 Å². The zero-order chi connectivity index (χ0) is 16.5. The first-order valence-corrected chi connectivity index (χ1v) is 7.19. The molecule has 5 nitrogen and oxygen atoms in total. The van der Waals surface area contributed by atoms with E-state index in [4.69, 9.17) is 0 Å². The van der Waals surface area contributed by atoms with Gasteiger partial charge in [-0.3, -0.25) is 4.79 Å². The van der Waals surface area contributed by atoms with Crippen LogP contribution in [-0.4, -0.2) is 27.0 Å². The van der Waals surface area contributed by atoms with E-state index < -0.39 is 38.2 Å². The SMILES string of the molecule is COC(=O)C(C)(C)NS(=O)(=O)c1ccccc1C(F)(F)F. The minimum atomic E-state index is -4.83. The van der Waals surface area contributed by atoms with Gasteiger partial charge in [0, 0.05) is 0 Å². The second kappa shape index (κ2) is 5.64. The molecule has 0 amide bonds. The van der Waals surface area contributed by atoms with Crippen molar-refractivity contribution in [2.45, 2.75) is 30.5 Å². The first kappa shape index (κ1) is 17.4. The van der Waals surface area contributed by atoms with Crippen LogP contribution in [0.1, 0.15) is 19.4 Å². The summed E-state index contributed by atoms with van der Waals surface area (Å²) in [7, 11) is -3.51. The molecule has 9 heteroatoms. The van der Waals surface area contributed by atoms with Crippen LogP contribution in [0.2, 0.25) is 0 Å². The Kier molecular flexibility index (Phi) is 4.69. The minimum Gasteiger partial charge on any atom is -0.468 e. The van der Waals surface area contributed by atoms with E-state index in [-0.39, 0.29) is 0 Å². The number of rotatable bonds is 4. The van der Waals surface area contributed by atoms with Crippen molar-refractivity contribution in [2.24, 2.45) is 0 Å². The van der Waals surface area contributed by atoms with E-state index >= 15 is 0 Å². The van der Waals surface area contributed by atoms with Crippen molar-refractivity contribution in [2.75, 3.05) is 7.11 Å². The van der Waals surface area contributed by atoms with Crippen molar-refractivity contribution in [3.05, 3.63) is 29.8 Å². The molecule has 0 unspecified atom stereocenters. The van der Waals surface area contributed by atoms with Crippen LogP contribution in [0.15, 0.2) is 29.2 Å². The number of benzene rings is 1. The molecule has 0 aliphatic heterocycles. The van der Waals surface area contributed by atoms with E-state index in [1.807, 2.05) is 4.72 Å². The molecule has 0 heterocycles. The summed E-state index contributed by atoms with van der Waals surface area (Å²) in [6.07, 6.45) is -4.83. The van der Waals surface area contributed by atoms with Gasteiger partial charge in [0.2, 0.25) is 10.0 Å². The Bertz CT molecular complexity index is 638. The lowest BCUT2D eigenvalue weighted by molar-refractivity contribution is -0.146. The Labute approximate surface area is 120 Å². The Balaban J connectivity index is 3.31. The molecular formula is C12H14F3NO4S. The van der Waals surface area contributed by atoms with Crippen LogP contribution >= 0.6 is 0 Å². The standard InChI is InChI=1S/C12H14F3NO4S/c1-11(2,10(17)20-3)16-21(18,19)9-7-5-4-6-8(9)12(13,14)15/h4-7,16H,1-3H3. The van der Waals surface area contributed by atoms with E-state index in [1.165, 1.54) is 13.8 Å². The van der Waals surface area contributed by atoms with Gasteiger partial charge in [-0.2, -0.15) is 17.9 Å². The second-order valence-electron chi connectivity index (χ2n) is 4.72. The molecule has 1 aromatic carbocycles. The summed E-state index contributed by atoms with van der Waals surface area (Å²) in [6.45, 7) is 2.37. The first-order chi connectivity index (χ1) is 9.42. The maximum Gasteiger partial charge on any atom is 0.417 e. The highest BCUT2D eigenvalue weighted by molar-refractivity contribution is 7.89. The van der Waals surface area contributed by atoms with E-state index in [9.17, 15) is 26.4 Å². The van der Waals surface area contributed by atoms with Gasteiger partial charge in [-0.05, 0) is 26.0 Å². The van der Waals surface area contributed by atoms with Gasteiger partial charge in [-0.15, -0.1) is 0 Å². The lowest BCUT2D eigenvalue weighted by Crippen LogP contribution is -2.50. The molecule has 0 saturated heterocycles. The monoisotopic (exact) mass is 325 g/mol. The van der Waals surface area contributed by atoms with Gasteiger partial charge in [0.05, 0.1) is 17.6 Å². The summed E-state index contributed by atoms with van der Waals surface area (Å²) in [4.78, 5) is 10.5. The van der Waals surface area contributed by atoms with Gasteiger partial charge in [0.15, 0.2) is 0 Å². The number of carbonyl (C=O) groups is 1. The average Bonchev–Trinajstić information content (AvgIpc) is 2.35. The smallest absolute Gasteiger partial charge is 0.417 e. The molecule has 0 bridgehead atoms. The zero-order valence-electron chi connectivity index (χ0n) is 11.5. The number of esters is 1. The number of hydrogen-bond acceptors (Lipinski definition) is 4. The van der Waals surface area contributed by atoms with E-state index in [0.717, 1.165) is 25.3 Å². The van der Waals surface area contributed by atoms with Gasteiger partial charge in [0.25, 0.3) is 0 Å². The van der Waals surface area contributed by atoms with Gasteiger partial charge in [-0.1, -0.05) is 12.1 Å². The summed E-state index contributed by atoms with van der Waals surface area (Å²) < 4.78 is 69.1. The molecule has 1 N–H and O–H groups in total. The normalized spacial score (nSPS) is 13.0. The topological polar surface area (TPSA) is 72.5 Å². The van der Waals surface area contributed by atoms with Crippen LogP contribution in [0.5, 0.6) is 0 Å². The highest BCUT2D eigenvalue weighted by Crippen LogP contribution is 2.34. The maximum absolute atomic E-state index is 12.9. The van der Waals surface area contributed by atoms with Crippen LogP contribution in [-0.2, 0) is 25.7 Å². The third-order valence-electron chi connectivity index (χ3n) is 2.57. The molecule has 0 fully saturated rings. The number of sulfonamides is 1. The molecule has 0 aromatic heterocycles. The van der Waals surface area contributed by atoms with Crippen LogP contribution in [0, 0.1) is 0 Å². The van der Waals surface area contributed by atoms with Gasteiger partial charge < -0.3 is 4.74 Å². The molecule has 1 aromatic rings. The highest BCUT2D eigenvalue weighted by Gasteiger charge is 2.40. The highest BCUT2D eigenvalue weighted by atomic mass is 32.2. The predicted molar refractivity (Wildman–Crippen MR) is 67.9 cm³/mol. The number of methoxy groups -OCH3 is 1. The summed E-state index contributed by atoms with van der Waals surface area (Å²) in [5, 5.41) is 0. The number of halogens is 3. The fraction of sp³-hybridized carbons (Fsp3) is 0.417. The van der Waals surface area contributed by atoms with Crippen LogP contribution in [0.3, 0.4) is 0 Å². The first-order valence-electron chi connectivity index (χ1n) is 5.70. The molecule has 118 valence electrons. The summed E-state index contributed by atoms with van der Waals surface area (Å²) in [5.74, 6) is -0.921. The van der Waals surface area contributed by atoms with Crippen LogP contribution in [0.25, 0.3) is 0 Å². The zero-order valence-corrected chi connectivity index (χ0v) is 12.3. The molecule has 21 heavy (non-hydrogen) atoms. The molecule has 0 saturated carbocycles. The van der Waals surface area contributed by atoms with Crippen LogP contribution < -0.4 is 4.72 Å². The molecular weight excluding hydrogens is 311 g/mol. The Hall–Kier alpha value is -1.61.